The molecule has 1 amide bonds. The number of hydrogen-bond donors (Lipinski definition) is 2. The first-order valence-corrected chi connectivity index (χ1v) is 6.87. The third-order valence-corrected chi connectivity index (χ3v) is 3.45. The predicted octanol–water partition coefficient (Wildman–Crippen LogP) is 3.26. The van der Waals surface area contributed by atoms with Gasteiger partial charge in [0.2, 0.25) is 0 Å². The number of nitrogens with zero attached hydrogens (tertiary/aromatic N) is 1. The Balaban J connectivity index is 1.81. The number of aromatic amines is 1. The average Bonchev–Trinajstić information content (AvgIpc) is 3.01. The third-order valence-electron chi connectivity index (χ3n) is 3.45. The van der Waals surface area contributed by atoms with E-state index in [1.165, 1.54) is 0 Å². The maximum absolute atomic E-state index is 12.3. The van der Waals surface area contributed by atoms with Gasteiger partial charge in [0.1, 0.15) is 17.3 Å². The van der Waals surface area contributed by atoms with Crippen molar-refractivity contribution in [3.05, 3.63) is 53.2 Å². The fourth-order valence-corrected chi connectivity index (χ4v) is 2.38. The molecular formula is C16H17N3O2. The van der Waals surface area contributed by atoms with Gasteiger partial charge in [-0.15, -0.1) is 0 Å². The zero-order valence-electron chi connectivity index (χ0n) is 12.2. The molecule has 0 bridgehead atoms. The topological polar surface area (TPSA) is 70.9 Å². The van der Waals surface area contributed by atoms with Gasteiger partial charge in [-0.3, -0.25) is 4.79 Å². The first-order valence-electron chi connectivity index (χ1n) is 6.87. The van der Waals surface area contributed by atoms with E-state index in [-0.39, 0.29) is 11.9 Å². The molecule has 2 aromatic heterocycles. The van der Waals surface area contributed by atoms with E-state index >= 15 is 0 Å². The Hall–Kier alpha value is -2.56. The molecule has 0 aliphatic rings. The van der Waals surface area contributed by atoms with E-state index in [0.717, 1.165) is 22.6 Å². The number of rotatable bonds is 3. The van der Waals surface area contributed by atoms with E-state index in [1.807, 2.05) is 38.1 Å². The molecule has 0 aliphatic carbocycles. The molecule has 108 valence electrons. The summed E-state index contributed by atoms with van der Waals surface area (Å²) in [5.41, 5.74) is 2.42. The van der Waals surface area contributed by atoms with Crippen molar-refractivity contribution in [1.29, 1.82) is 0 Å². The van der Waals surface area contributed by atoms with Crippen LogP contribution in [0.3, 0.4) is 0 Å². The number of hydrogen-bond acceptors (Lipinski definition) is 3. The second-order valence-corrected chi connectivity index (χ2v) is 5.16. The molecule has 0 spiro atoms. The number of carbonyl (C=O) groups excluding carboxylic acids is 1. The van der Waals surface area contributed by atoms with Crippen molar-refractivity contribution in [2.45, 2.75) is 26.8 Å². The molecule has 3 rings (SSSR count). The predicted molar refractivity (Wildman–Crippen MR) is 80.2 cm³/mol. The fraction of sp³-hybridized carbons (Fsp3) is 0.250. The van der Waals surface area contributed by atoms with Crippen LogP contribution in [0, 0.1) is 13.8 Å². The van der Waals surface area contributed by atoms with Crippen LogP contribution in [0.15, 0.2) is 34.7 Å². The number of fused-ring (bicyclic) bond motifs is 1. The smallest absolute Gasteiger partial charge is 0.255 e. The van der Waals surface area contributed by atoms with E-state index in [9.17, 15) is 4.79 Å². The van der Waals surface area contributed by atoms with Gasteiger partial charge in [-0.2, -0.15) is 0 Å². The minimum atomic E-state index is -0.209. The van der Waals surface area contributed by atoms with Crippen LogP contribution in [-0.2, 0) is 0 Å². The quantitative estimate of drug-likeness (QED) is 0.775. The van der Waals surface area contributed by atoms with Crippen LogP contribution in [0.2, 0.25) is 0 Å². The zero-order chi connectivity index (χ0) is 15.0. The van der Waals surface area contributed by atoms with E-state index in [4.69, 9.17) is 4.42 Å². The molecule has 2 heterocycles. The molecule has 5 nitrogen and oxygen atoms in total. The number of aromatic nitrogens is 2. The number of amides is 1. The van der Waals surface area contributed by atoms with Gasteiger partial charge in [-0.05, 0) is 39.0 Å². The van der Waals surface area contributed by atoms with Crippen molar-refractivity contribution in [1.82, 2.24) is 15.3 Å². The first-order chi connectivity index (χ1) is 10.0. The zero-order valence-corrected chi connectivity index (χ0v) is 12.2. The SMILES string of the molecule is Cc1cc(C(=O)NC(C)c2nc3ccccc3[nH]2)c(C)o1. The molecule has 1 unspecified atom stereocenters. The summed E-state index contributed by atoms with van der Waals surface area (Å²) in [6, 6.07) is 9.33. The summed E-state index contributed by atoms with van der Waals surface area (Å²) in [6.07, 6.45) is 0. The van der Waals surface area contributed by atoms with Crippen LogP contribution < -0.4 is 5.32 Å². The number of imidazole rings is 1. The third kappa shape index (κ3) is 2.54. The Kier molecular flexibility index (Phi) is 3.25. The van der Waals surface area contributed by atoms with E-state index in [1.54, 1.807) is 13.0 Å². The van der Waals surface area contributed by atoms with Crippen LogP contribution in [0.1, 0.15) is 40.7 Å². The van der Waals surface area contributed by atoms with Gasteiger partial charge in [-0.25, -0.2) is 4.98 Å². The van der Waals surface area contributed by atoms with Gasteiger partial charge >= 0.3 is 0 Å². The minimum absolute atomic E-state index is 0.155. The van der Waals surface area contributed by atoms with Gasteiger partial charge in [-0.1, -0.05) is 12.1 Å². The standard InChI is InChI=1S/C16H17N3O2/c1-9-8-12(11(3)21-9)16(20)17-10(2)15-18-13-6-4-5-7-14(13)19-15/h4-8,10H,1-3H3,(H,17,20)(H,18,19). The normalized spacial score (nSPS) is 12.5. The molecule has 0 saturated carbocycles. The van der Waals surface area contributed by atoms with Gasteiger partial charge in [0.05, 0.1) is 22.6 Å². The Bertz CT molecular complexity index is 768. The number of aryl methyl sites for hydroxylation is 2. The highest BCUT2D eigenvalue weighted by molar-refractivity contribution is 5.95. The Morgan fingerprint density at radius 3 is 2.76 bits per heavy atom. The summed E-state index contributed by atoms with van der Waals surface area (Å²) in [5.74, 6) is 1.94. The number of furan rings is 1. The van der Waals surface area contributed by atoms with Crippen molar-refractivity contribution in [2.24, 2.45) is 0 Å². The lowest BCUT2D eigenvalue weighted by atomic mass is 10.2. The van der Waals surface area contributed by atoms with Gasteiger partial charge in [0, 0.05) is 0 Å². The van der Waals surface area contributed by atoms with Crippen molar-refractivity contribution in [3.8, 4) is 0 Å². The van der Waals surface area contributed by atoms with Crippen molar-refractivity contribution in [2.75, 3.05) is 0 Å². The largest absolute Gasteiger partial charge is 0.466 e. The summed E-state index contributed by atoms with van der Waals surface area (Å²) in [5, 5.41) is 2.93. The molecule has 0 saturated heterocycles. The maximum atomic E-state index is 12.3. The Morgan fingerprint density at radius 2 is 2.10 bits per heavy atom. The highest BCUT2D eigenvalue weighted by atomic mass is 16.3. The minimum Gasteiger partial charge on any atom is -0.466 e. The first kappa shape index (κ1) is 13.4. The summed E-state index contributed by atoms with van der Waals surface area (Å²) in [7, 11) is 0. The molecule has 1 aromatic carbocycles. The highest BCUT2D eigenvalue weighted by Gasteiger charge is 2.18. The molecule has 21 heavy (non-hydrogen) atoms. The Morgan fingerprint density at radius 1 is 1.33 bits per heavy atom. The second-order valence-electron chi connectivity index (χ2n) is 5.16. The summed E-state index contributed by atoms with van der Waals surface area (Å²) in [6.45, 7) is 5.51. The number of H-pyrrole nitrogens is 1. The average molecular weight is 283 g/mol. The van der Waals surface area contributed by atoms with Crippen molar-refractivity contribution in [3.63, 3.8) is 0 Å². The molecule has 0 aliphatic heterocycles. The fourth-order valence-electron chi connectivity index (χ4n) is 2.38. The van der Waals surface area contributed by atoms with Crippen LogP contribution in [-0.4, -0.2) is 15.9 Å². The number of nitrogens with one attached hydrogen (secondary N) is 2. The molecule has 0 radical (unpaired) electrons. The monoisotopic (exact) mass is 283 g/mol. The van der Waals surface area contributed by atoms with E-state index < -0.39 is 0 Å². The molecule has 0 fully saturated rings. The lowest BCUT2D eigenvalue weighted by Crippen LogP contribution is -2.27. The molecule has 5 heteroatoms. The van der Waals surface area contributed by atoms with E-state index in [2.05, 4.69) is 15.3 Å². The molecule has 2 N–H and O–H groups in total. The number of para-hydroxylation sites is 2. The summed E-state index contributed by atoms with van der Waals surface area (Å²) < 4.78 is 5.39. The van der Waals surface area contributed by atoms with Crippen LogP contribution in [0.25, 0.3) is 11.0 Å². The van der Waals surface area contributed by atoms with Crippen LogP contribution in [0.4, 0.5) is 0 Å². The summed E-state index contributed by atoms with van der Waals surface area (Å²) in [4.78, 5) is 20.0. The number of benzene rings is 1. The summed E-state index contributed by atoms with van der Waals surface area (Å²) >= 11 is 0. The number of carbonyl (C=O) groups is 1. The molecular weight excluding hydrogens is 266 g/mol. The molecule has 3 aromatic rings. The lowest BCUT2D eigenvalue weighted by molar-refractivity contribution is 0.0937. The van der Waals surface area contributed by atoms with Crippen molar-refractivity contribution >= 4 is 16.9 Å². The van der Waals surface area contributed by atoms with Gasteiger partial charge in [0.25, 0.3) is 5.91 Å². The molecule has 1 atom stereocenters. The Labute approximate surface area is 122 Å². The maximum Gasteiger partial charge on any atom is 0.255 e. The highest BCUT2D eigenvalue weighted by Crippen LogP contribution is 2.18. The van der Waals surface area contributed by atoms with E-state index in [0.29, 0.717) is 11.3 Å². The lowest BCUT2D eigenvalue weighted by Gasteiger charge is -2.10. The van der Waals surface area contributed by atoms with Gasteiger partial charge < -0.3 is 14.7 Å². The van der Waals surface area contributed by atoms with Crippen LogP contribution >= 0.6 is 0 Å². The van der Waals surface area contributed by atoms with Gasteiger partial charge in [0.15, 0.2) is 0 Å². The van der Waals surface area contributed by atoms with Crippen LogP contribution in [0.5, 0.6) is 0 Å². The second kappa shape index (κ2) is 5.09. The van der Waals surface area contributed by atoms with Crippen molar-refractivity contribution < 1.29 is 9.21 Å².